The smallest absolute Gasteiger partial charge is 0.406 e. The topological polar surface area (TPSA) is 97.7 Å². The second-order valence-corrected chi connectivity index (χ2v) is 7.97. The summed E-state index contributed by atoms with van der Waals surface area (Å²) in [4.78, 5) is 24.2. The molecule has 0 saturated heterocycles. The Morgan fingerprint density at radius 3 is 2.85 bits per heavy atom. The molecule has 142 valence electrons. The Balaban J connectivity index is 1.70. The van der Waals surface area contributed by atoms with Crippen LogP contribution in [0.4, 0.5) is 4.79 Å². The normalized spacial score (nSPS) is 14.2. The predicted octanol–water partition coefficient (Wildman–Crippen LogP) is 3.12. The van der Waals surface area contributed by atoms with Crippen LogP contribution >= 0.6 is 0 Å². The molecule has 1 aliphatic rings. The van der Waals surface area contributed by atoms with E-state index in [0.717, 1.165) is 25.0 Å². The van der Waals surface area contributed by atoms with E-state index in [4.69, 9.17) is 9.72 Å². The molecule has 8 nitrogen and oxygen atoms in total. The third-order valence-corrected chi connectivity index (χ3v) is 4.63. The number of aromatic nitrogens is 5. The van der Waals surface area contributed by atoms with Gasteiger partial charge in [0.05, 0.1) is 6.20 Å². The summed E-state index contributed by atoms with van der Waals surface area (Å²) in [5.74, 6) is 0.353. The molecule has 1 aliphatic carbocycles. The van der Waals surface area contributed by atoms with Crippen molar-refractivity contribution in [2.24, 2.45) is 7.05 Å². The number of fused-ring (bicyclic) bond motifs is 2. The molecule has 27 heavy (non-hydrogen) atoms. The molecule has 3 aromatic rings. The Morgan fingerprint density at radius 2 is 2.07 bits per heavy atom. The molecular weight excluding hydrogens is 344 g/mol. The van der Waals surface area contributed by atoms with Crippen LogP contribution in [0.3, 0.4) is 0 Å². The van der Waals surface area contributed by atoms with Gasteiger partial charge in [-0.05, 0) is 46.5 Å². The first kappa shape index (κ1) is 17.5. The molecular formula is C19H24N6O2. The molecule has 8 heteroatoms. The number of carbonyl (C=O) groups excluding carboxylic acids is 1. The summed E-state index contributed by atoms with van der Waals surface area (Å²) in [7, 11) is 1.97. The molecule has 0 fully saturated rings. The molecule has 0 spiro atoms. The van der Waals surface area contributed by atoms with Crippen LogP contribution in [0.2, 0.25) is 0 Å². The highest BCUT2D eigenvalue weighted by Crippen LogP contribution is 2.31. The summed E-state index contributed by atoms with van der Waals surface area (Å²) in [6.07, 6.45) is 7.19. The summed E-state index contributed by atoms with van der Waals surface area (Å²) >= 11 is 0. The summed E-state index contributed by atoms with van der Waals surface area (Å²) in [6.45, 7) is 5.68. The lowest BCUT2D eigenvalue weighted by Gasteiger charge is -2.19. The molecule has 3 aromatic heterocycles. The number of nitrogens with one attached hydrogen (secondary N) is 2. The van der Waals surface area contributed by atoms with Gasteiger partial charge in [0.15, 0.2) is 16.9 Å². The fourth-order valence-corrected chi connectivity index (χ4v) is 3.47. The van der Waals surface area contributed by atoms with Crippen molar-refractivity contribution in [2.45, 2.75) is 52.0 Å². The lowest BCUT2D eigenvalue weighted by atomic mass is 9.95. The largest absolute Gasteiger partial charge is 0.413 e. The molecule has 0 atom stereocenters. The highest BCUT2D eigenvalue weighted by molar-refractivity contribution is 5.84. The Bertz CT molecular complexity index is 1010. The maximum atomic E-state index is 12.1. The summed E-state index contributed by atoms with van der Waals surface area (Å²) in [6, 6.07) is 0. The van der Waals surface area contributed by atoms with E-state index < -0.39 is 6.09 Å². The predicted molar refractivity (Wildman–Crippen MR) is 102 cm³/mol. The van der Waals surface area contributed by atoms with Gasteiger partial charge in [-0.25, -0.2) is 14.8 Å². The van der Waals surface area contributed by atoms with Crippen LogP contribution in [0, 0.1) is 0 Å². The van der Waals surface area contributed by atoms with E-state index in [1.807, 2.05) is 32.5 Å². The van der Waals surface area contributed by atoms with E-state index in [2.05, 4.69) is 20.4 Å². The number of hydrogen-bond acceptors (Lipinski definition) is 5. The minimum atomic E-state index is -0.522. The Labute approximate surface area is 157 Å². The second kappa shape index (κ2) is 6.37. The van der Waals surface area contributed by atoms with Gasteiger partial charge in [0.1, 0.15) is 11.4 Å². The van der Waals surface area contributed by atoms with Gasteiger partial charge in [0.2, 0.25) is 0 Å². The summed E-state index contributed by atoms with van der Waals surface area (Å²) < 4.78 is 7.39. The number of amides is 1. The summed E-state index contributed by atoms with van der Waals surface area (Å²) in [5, 5.41) is 7.45. The summed E-state index contributed by atoms with van der Waals surface area (Å²) in [5.41, 5.74) is 4.80. The van der Waals surface area contributed by atoms with Crippen LogP contribution in [-0.4, -0.2) is 36.4 Å². The Morgan fingerprint density at radius 1 is 1.30 bits per heavy atom. The second-order valence-electron chi connectivity index (χ2n) is 7.97. The van der Waals surface area contributed by atoms with Crippen LogP contribution in [0.5, 0.6) is 5.75 Å². The van der Waals surface area contributed by atoms with Crippen LogP contribution in [0.1, 0.15) is 44.9 Å². The fourth-order valence-electron chi connectivity index (χ4n) is 3.47. The molecule has 0 saturated carbocycles. The third-order valence-electron chi connectivity index (χ3n) is 4.63. The fraction of sp³-hybridized carbons (Fsp3) is 0.474. The van der Waals surface area contributed by atoms with Crippen LogP contribution in [-0.2, 0) is 19.9 Å². The molecule has 2 N–H and O–H groups in total. The zero-order chi connectivity index (χ0) is 19.2. The molecule has 1 amide bonds. The van der Waals surface area contributed by atoms with Crippen molar-refractivity contribution in [2.75, 3.05) is 0 Å². The average molecular weight is 368 g/mol. The number of hydrogen-bond donors (Lipinski definition) is 2. The number of H-pyrrole nitrogens is 1. The zero-order valence-electron chi connectivity index (χ0n) is 16.1. The van der Waals surface area contributed by atoms with Crippen molar-refractivity contribution in [1.82, 2.24) is 30.0 Å². The minimum Gasteiger partial charge on any atom is -0.406 e. The molecule has 0 radical (unpaired) electrons. The van der Waals surface area contributed by atoms with Gasteiger partial charge < -0.3 is 15.0 Å². The maximum absolute atomic E-state index is 12.1. The highest BCUT2D eigenvalue weighted by Gasteiger charge is 2.23. The van der Waals surface area contributed by atoms with Gasteiger partial charge >= 0.3 is 6.09 Å². The van der Waals surface area contributed by atoms with Gasteiger partial charge in [-0.2, -0.15) is 5.10 Å². The van der Waals surface area contributed by atoms with E-state index in [-0.39, 0.29) is 5.54 Å². The standard InChI is InChI=1S/C19H24N6O2/c1-19(2,3)23-18(26)27-14-10-21-17-16(14)22-12(9-20-17)15-11-7-5-6-8-13(11)25(4)24-15/h9-10H,5-8H2,1-4H3,(H,20,21)(H,23,26). The van der Waals surface area contributed by atoms with E-state index in [1.165, 1.54) is 17.7 Å². The van der Waals surface area contributed by atoms with Crippen LogP contribution in [0.25, 0.3) is 22.6 Å². The van der Waals surface area contributed by atoms with Gasteiger partial charge in [-0.3, -0.25) is 4.68 Å². The lowest BCUT2D eigenvalue weighted by Crippen LogP contribution is -2.42. The first-order valence-corrected chi connectivity index (χ1v) is 9.21. The molecule has 4 rings (SSSR count). The molecule has 3 heterocycles. The number of carbonyl (C=O) groups is 1. The number of aromatic amines is 1. The van der Waals surface area contributed by atoms with Gasteiger partial charge in [0.25, 0.3) is 0 Å². The van der Waals surface area contributed by atoms with Crippen molar-refractivity contribution in [3.05, 3.63) is 23.7 Å². The molecule has 0 aromatic carbocycles. The Hall–Kier alpha value is -2.90. The SMILES string of the molecule is Cn1nc(-c2cnc3[nH]cc(OC(=O)NC(C)(C)C)c3n2)c2c1CCCC2. The first-order chi connectivity index (χ1) is 12.8. The number of rotatable bonds is 2. The number of ether oxygens (including phenoxy) is 1. The average Bonchev–Trinajstić information content (AvgIpc) is 3.15. The van der Waals surface area contributed by atoms with Gasteiger partial charge in [-0.1, -0.05) is 0 Å². The van der Waals surface area contributed by atoms with Crippen molar-refractivity contribution >= 4 is 17.3 Å². The van der Waals surface area contributed by atoms with Crippen molar-refractivity contribution in [3.63, 3.8) is 0 Å². The van der Waals surface area contributed by atoms with Crippen LogP contribution in [0.15, 0.2) is 12.4 Å². The van der Waals surface area contributed by atoms with E-state index in [9.17, 15) is 4.79 Å². The van der Waals surface area contributed by atoms with Crippen LogP contribution < -0.4 is 10.1 Å². The quantitative estimate of drug-likeness (QED) is 0.724. The monoisotopic (exact) mass is 368 g/mol. The third kappa shape index (κ3) is 3.39. The number of nitrogens with zero attached hydrogens (tertiary/aromatic N) is 4. The van der Waals surface area contributed by atoms with E-state index in [0.29, 0.717) is 22.6 Å². The Kier molecular flexibility index (Phi) is 4.13. The van der Waals surface area contributed by atoms with E-state index in [1.54, 1.807) is 12.4 Å². The first-order valence-electron chi connectivity index (χ1n) is 9.21. The number of aryl methyl sites for hydroxylation is 1. The molecule has 0 unspecified atom stereocenters. The minimum absolute atomic E-state index is 0.353. The van der Waals surface area contributed by atoms with Crippen molar-refractivity contribution < 1.29 is 9.53 Å². The van der Waals surface area contributed by atoms with Gasteiger partial charge in [0, 0.05) is 30.0 Å². The molecule has 0 aliphatic heterocycles. The van der Waals surface area contributed by atoms with E-state index >= 15 is 0 Å². The lowest BCUT2D eigenvalue weighted by molar-refractivity contribution is 0.191. The van der Waals surface area contributed by atoms with Crippen molar-refractivity contribution in [1.29, 1.82) is 0 Å². The highest BCUT2D eigenvalue weighted by atomic mass is 16.6. The molecule has 0 bridgehead atoms. The van der Waals surface area contributed by atoms with Crippen molar-refractivity contribution in [3.8, 4) is 17.1 Å². The zero-order valence-corrected chi connectivity index (χ0v) is 16.1. The van der Waals surface area contributed by atoms with Gasteiger partial charge in [-0.15, -0.1) is 0 Å². The maximum Gasteiger partial charge on any atom is 0.413 e.